The maximum absolute atomic E-state index is 12.5. The van der Waals surface area contributed by atoms with Gasteiger partial charge in [0.25, 0.3) is 5.91 Å². The number of para-hydroxylation sites is 1. The minimum absolute atomic E-state index is 0.118. The molecule has 1 saturated heterocycles. The van der Waals surface area contributed by atoms with E-state index in [-0.39, 0.29) is 12.5 Å². The van der Waals surface area contributed by atoms with Crippen LogP contribution in [0.5, 0.6) is 5.88 Å². The standard InChI is InChI=1S/C24H22N4O2/c29-22(25-19-12-11-17-7-1-2-8-18(17)15-19)16-30-23-20-9-3-4-10-21(20)26-24(27-23)28-13-5-6-14-28/h1-4,7-12,15H,5-6,13-14,16H2,(H,25,29). The van der Waals surface area contributed by atoms with E-state index in [2.05, 4.69) is 20.2 Å². The summed E-state index contributed by atoms with van der Waals surface area (Å²) in [5, 5.41) is 5.92. The third-order valence-electron chi connectivity index (χ3n) is 5.32. The molecule has 6 nitrogen and oxygen atoms in total. The van der Waals surface area contributed by atoms with Crippen molar-refractivity contribution in [3.8, 4) is 5.88 Å². The second-order valence-electron chi connectivity index (χ2n) is 7.44. The predicted octanol–water partition coefficient (Wildman–Crippen LogP) is 4.40. The topological polar surface area (TPSA) is 67.3 Å². The zero-order chi connectivity index (χ0) is 20.3. The van der Waals surface area contributed by atoms with Gasteiger partial charge in [0.2, 0.25) is 11.8 Å². The molecule has 0 saturated carbocycles. The molecule has 1 amide bonds. The lowest BCUT2D eigenvalue weighted by Gasteiger charge is -2.17. The van der Waals surface area contributed by atoms with Crippen molar-refractivity contribution in [1.82, 2.24) is 9.97 Å². The van der Waals surface area contributed by atoms with Crippen LogP contribution in [0.2, 0.25) is 0 Å². The van der Waals surface area contributed by atoms with Crippen LogP contribution in [0.3, 0.4) is 0 Å². The van der Waals surface area contributed by atoms with Gasteiger partial charge in [-0.1, -0.05) is 42.5 Å². The number of rotatable bonds is 5. The summed E-state index contributed by atoms with van der Waals surface area (Å²) in [6.45, 7) is 1.77. The lowest BCUT2D eigenvalue weighted by Crippen LogP contribution is -2.23. The van der Waals surface area contributed by atoms with E-state index in [1.165, 1.54) is 0 Å². The summed E-state index contributed by atoms with van der Waals surface area (Å²) < 4.78 is 5.85. The van der Waals surface area contributed by atoms with Gasteiger partial charge in [-0.25, -0.2) is 4.98 Å². The number of nitrogens with one attached hydrogen (secondary N) is 1. The molecule has 150 valence electrons. The molecule has 0 spiro atoms. The van der Waals surface area contributed by atoms with Crippen LogP contribution < -0.4 is 15.0 Å². The Morgan fingerprint density at radius 1 is 0.933 bits per heavy atom. The molecule has 0 aliphatic carbocycles. The van der Waals surface area contributed by atoms with Crippen LogP contribution in [0.15, 0.2) is 66.7 Å². The Morgan fingerprint density at radius 2 is 1.70 bits per heavy atom. The molecule has 5 rings (SSSR count). The van der Waals surface area contributed by atoms with Crippen LogP contribution >= 0.6 is 0 Å². The second-order valence-corrected chi connectivity index (χ2v) is 7.44. The van der Waals surface area contributed by atoms with Crippen LogP contribution in [-0.2, 0) is 4.79 Å². The summed E-state index contributed by atoms with van der Waals surface area (Å²) >= 11 is 0. The molecule has 0 atom stereocenters. The smallest absolute Gasteiger partial charge is 0.262 e. The van der Waals surface area contributed by atoms with Gasteiger partial charge in [0.05, 0.1) is 10.9 Å². The van der Waals surface area contributed by atoms with E-state index in [4.69, 9.17) is 4.74 Å². The molecule has 4 aromatic rings. The van der Waals surface area contributed by atoms with Crippen LogP contribution in [0.4, 0.5) is 11.6 Å². The van der Waals surface area contributed by atoms with Gasteiger partial charge in [0.15, 0.2) is 6.61 Å². The Bertz CT molecular complexity index is 1220. The number of carbonyl (C=O) groups excluding carboxylic acids is 1. The Labute approximate surface area is 174 Å². The zero-order valence-electron chi connectivity index (χ0n) is 16.5. The van der Waals surface area contributed by atoms with Gasteiger partial charge in [-0.05, 0) is 47.9 Å². The van der Waals surface area contributed by atoms with E-state index in [1.807, 2.05) is 66.7 Å². The molecular weight excluding hydrogens is 376 g/mol. The fourth-order valence-electron chi connectivity index (χ4n) is 3.80. The minimum Gasteiger partial charge on any atom is -0.467 e. The summed E-state index contributed by atoms with van der Waals surface area (Å²) in [6.07, 6.45) is 2.28. The number of nitrogens with zero attached hydrogens (tertiary/aromatic N) is 3. The molecule has 1 N–H and O–H groups in total. The monoisotopic (exact) mass is 398 g/mol. The highest BCUT2D eigenvalue weighted by Crippen LogP contribution is 2.27. The van der Waals surface area contributed by atoms with Gasteiger partial charge in [0, 0.05) is 18.8 Å². The van der Waals surface area contributed by atoms with Gasteiger partial charge in [-0.15, -0.1) is 0 Å². The normalized spacial score (nSPS) is 13.7. The molecule has 1 fully saturated rings. The van der Waals surface area contributed by atoms with Crippen molar-refractivity contribution in [2.45, 2.75) is 12.8 Å². The number of benzene rings is 3. The van der Waals surface area contributed by atoms with E-state index in [9.17, 15) is 4.79 Å². The highest BCUT2D eigenvalue weighted by atomic mass is 16.5. The number of carbonyl (C=O) groups is 1. The van der Waals surface area contributed by atoms with E-state index >= 15 is 0 Å². The summed E-state index contributed by atoms with van der Waals surface area (Å²) in [4.78, 5) is 24.0. The summed E-state index contributed by atoms with van der Waals surface area (Å²) in [6, 6.07) is 21.6. The average molecular weight is 398 g/mol. The largest absolute Gasteiger partial charge is 0.467 e. The summed E-state index contributed by atoms with van der Waals surface area (Å²) in [7, 11) is 0. The number of hydrogen-bond donors (Lipinski definition) is 1. The first-order valence-electron chi connectivity index (χ1n) is 10.2. The maximum atomic E-state index is 12.5. The second kappa shape index (κ2) is 7.99. The van der Waals surface area contributed by atoms with Gasteiger partial charge in [0.1, 0.15) is 0 Å². The lowest BCUT2D eigenvalue weighted by molar-refractivity contribution is -0.118. The molecule has 0 radical (unpaired) electrons. The van der Waals surface area contributed by atoms with Gasteiger partial charge >= 0.3 is 0 Å². The van der Waals surface area contributed by atoms with Crippen molar-refractivity contribution in [3.63, 3.8) is 0 Å². The van der Waals surface area contributed by atoms with Crippen LogP contribution in [0, 0.1) is 0 Å². The quantitative estimate of drug-likeness (QED) is 0.540. The number of ether oxygens (including phenoxy) is 1. The van der Waals surface area contributed by atoms with Gasteiger partial charge < -0.3 is 15.0 Å². The highest BCUT2D eigenvalue weighted by molar-refractivity contribution is 5.95. The first-order valence-corrected chi connectivity index (χ1v) is 10.2. The molecule has 1 aliphatic rings. The molecule has 0 unspecified atom stereocenters. The van der Waals surface area contributed by atoms with Crippen molar-refractivity contribution in [1.29, 1.82) is 0 Å². The van der Waals surface area contributed by atoms with E-state index in [0.717, 1.165) is 53.3 Å². The first-order chi connectivity index (χ1) is 14.8. The molecule has 2 heterocycles. The van der Waals surface area contributed by atoms with Crippen LogP contribution in [0.25, 0.3) is 21.7 Å². The summed E-state index contributed by atoms with van der Waals surface area (Å²) in [5.41, 5.74) is 1.56. The average Bonchev–Trinajstić information content (AvgIpc) is 3.32. The van der Waals surface area contributed by atoms with Crippen LogP contribution in [-0.4, -0.2) is 35.6 Å². The van der Waals surface area contributed by atoms with Gasteiger partial charge in [-0.3, -0.25) is 4.79 Å². The molecule has 1 aromatic heterocycles. The van der Waals surface area contributed by atoms with Crippen molar-refractivity contribution < 1.29 is 9.53 Å². The molecule has 1 aliphatic heterocycles. The number of amides is 1. The Hall–Kier alpha value is -3.67. The van der Waals surface area contributed by atoms with E-state index < -0.39 is 0 Å². The number of anilines is 2. The molecule has 30 heavy (non-hydrogen) atoms. The predicted molar refractivity (Wildman–Crippen MR) is 119 cm³/mol. The summed E-state index contributed by atoms with van der Waals surface area (Å²) in [5.74, 6) is 0.878. The molecular formula is C24H22N4O2. The van der Waals surface area contributed by atoms with Crippen molar-refractivity contribution in [2.24, 2.45) is 0 Å². The van der Waals surface area contributed by atoms with Crippen molar-refractivity contribution in [2.75, 3.05) is 29.9 Å². The van der Waals surface area contributed by atoms with Crippen LogP contribution in [0.1, 0.15) is 12.8 Å². The first kappa shape index (κ1) is 18.4. The zero-order valence-corrected chi connectivity index (χ0v) is 16.5. The highest BCUT2D eigenvalue weighted by Gasteiger charge is 2.18. The Balaban J connectivity index is 1.33. The van der Waals surface area contributed by atoms with Gasteiger partial charge in [-0.2, -0.15) is 4.98 Å². The maximum Gasteiger partial charge on any atom is 0.262 e. The van der Waals surface area contributed by atoms with E-state index in [0.29, 0.717) is 11.8 Å². The lowest BCUT2D eigenvalue weighted by atomic mass is 10.1. The third kappa shape index (κ3) is 3.76. The fourth-order valence-corrected chi connectivity index (χ4v) is 3.80. The molecule has 0 bridgehead atoms. The number of fused-ring (bicyclic) bond motifs is 2. The number of hydrogen-bond acceptors (Lipinski definition) is 5. The van der Waals surface area contributed by atoms with E-state index in [1.54, 1.807) is 0 Å². The fraction of sp³-hybridized carbons (Fsp3) is 0.208. The Kier molecular flexibility index (Phi) is 4.89. The Morgan fingerprint density at radius 3 is 2.57 bits per heavy atom. The van der Waals surface area contributed by atoms with Crippen molar-refractivity contribution in [3.05, 3.63) is 66.7 Å². The van der Waals surface area contributed by atoms with Crippen molar-refractivity contribution >= 4 is 39.2 Å². The molecule has 6 heteroatoms. The SMILES string of the molecule is O=C(COc1nc(N2CCCC2)nc2ccccc12)Nc1ccc2ccccc2c1. The molecule has 3 aromatic carbocycles. The minimum atomic E-state index is -0.226. The number of aromatic nitrogens is 2. The third-order valence-corrected chi connectivity index (χ3v) is 5.32.